The van der Waals surface area contributed by atoms with Crippen molar-refractivity contribution in [3.63, 3.8) is 0 Å². The maximum atomic E-state index is 4.28. The summed E-state index contributed by atoms with van der Waals surface area (Å²) in [5, 5.41) is 24.9. The van der Waals surface area contributed by atoms with Crippen molar-refractivity contribution < 1.29 is 0 Å². The standard InChI is InChI=1S/C13H19N7S/c1-14-10-3-4-11(17-16-10)20-7-5-9(6-8-20)12-18-19-13(15-2)21-12/h3-4,9H,5-8H2,1-2H3,(H,14,16)(H,15,19). The lowest BCUT2D eigenvalue weighted by molar-refractivity contribution is 0.497. The molecule has 0 aliphatic carbocycles. The van der Waals surface area contributed by atoms with Gasteiger partial charge in [-0.3, -0.25) is 0 Å². The Bertz CT molecular complexity index is 574. The molecule has 0 bridgehead atoms. The largest absolute Gasteiger partial charge is 0.372 e. The summed E-state index contributed by atoms with van der Waals surface area (Å²) < 4.78 is 0. The molecule has 3 rings (SSSR count). The Morgan fingerprint density at radius 2 is 1.86 bits per heavy atom. The van der Waals surface area contributed by atoms with Gasteiger partial charge < -0.3 is 15.5 Å². The summed E-state index contributed by atoms with van der Waals surface area (Å²) in [6, 6.07) is 3.97. The van der Waals surface area contributed by atoms with Crippen molar-refractivity contribution in [2.24, 2.45) is 0 Å². The molecule has 0 radical (unpaired) electrons. The van der Waals surface area contributed by atoms with Gasteiger partial charge in [-0.2, -0.15) is 0 Å². The zero-order valence-electron chi connectivity index (χ0n) is 12.2. The first-order chi connectivity index (χ1) is 10.3. The maximum absolute atomic E-state index is 4.28. The van der Waals surface area contributed by atoms with Gasteiger partial charge in [0.15, 0.2) is 5.82 Å². The summed E-state index contributed by atoms with van der Waals surface area (Å²) >= 11 is 1.65. The van der Waals surface area contributed by atoms with Crippen LogP contribution >= 0.6 is 11.3 Å². The average Bonchev–Trinajstić information content (AvgIpc) is 3.04. The molecule has 1 fully saturated rings. The highest BCUT2D eigenvalue weighted by atomic mass is 32.1. The fourth-order valence-electron chi connectivity index (χ4n) is 2.48. The van der Waals surface area contributed by atoms with Crippen molar-refractivity contribution in [3.05, 3.63) is 17.1 Å². The molecule has 21 heavy (non-hydrogen) atoms. The molecule has 7 nitrogen and oxygen atoms in total. The van der Waals surface area contributed by atoms with Crippen LogP contribution in [-0.4, -0.2) is 47.6 Å². The van der Waals surface area contributed by atoms with Crippen molar-refractivity contribution in [3.8, 4) is 0 Å². The lowest BCUT2D eigenvalue weighted by atomic mass is 9.98. The van der Waals surface area contributed by atoms with E-state index in [4.69, 9.17) is 0 Å². The third kappa shape index (κ3) is 3.05. The van der Waals surface area contributed by atoms with Gasteiger partial charge in [0.2, 0.25) is 5.13 Å². The summed E-state index contributed by atoms with van der Waals surface area (Å²) in [4.78, 5) is 2.28. The molecular formula is C13H19N7S. The van der Waals surface area contributed by atoms with Crippen LogP contribution in [0.25, 0.3) is 0 Å². The Balaban J connectivity index is 1.61. The van der Waals surface area contributed by atoms with Crippen LogP contribution in [0, 0.1) is 0 Å². The predicted octanol–water partition coefficient (Wildman–Crippen LogP) is 1.80. The second-order valence-corrected chi connectivity index (χ2v) is 5.99. The van der Waals surface area contributed by atoms with E-state index in [-0.39, 0.29) is 0 Å². The number of aromatic nitrogens is 4. The summed E-state index contributed by atoms with van der Waals surface area (Å²) in [6.07, 6.45) is 2.15. The van der Waals surface area contributed by atoms with E-state index in [0.717, 1.165) is 47.7 Å². The molecule has 0 saturated carbocycles. The Kier molecular flexibility index (Phi) is 4.14. The fourth-order valence-corrected chi connectivity index (χ4v) is 3.35. The molecule has 1 aliphatic heterocycles. The first-order valence-corrected chi connectivity index (χ1v) is 7.89. The molecule has 0 aromatic carbocycles. The SMILES string of the molecule is CNc1ccc(N2CCC(c3nnc(NC)s3)CC2)nn1. The lowest BCUT2D eigenvalue weighted by Crippen LogP contribution is -2.33. The second-order valence-electron chi connectivity index (χ2n) is 4.98. The van der Waals surface area contributed by atoms with E-state index in [0.29, 0.717) is 5.92 Å². The molecule has 3 heterocycles. The monoisotopic (exact) mass is 305 g/mol. The van der Waals surface area contributed by atoms with Gasteiger partial charge in [0.1, 0.15) is 10.8 Å². The molecule has 8 heteroatoms. The van der Waals surface area contributed by atoms with E-state index in [9.17, 15) is 0 Å². The number of nitrogens with one attached hydrogen (secondary N) is 2. The summed E-state index contributed by atoms with van der Waals surface area (Å²) in [5.74, 6) is 2.24. The normalized spacial score (nSPS) is 16.0. The molecule has 0 spiro atoms. The highest BCUT2D eigenvalue weighted by Gasteiger charge is 2.24. The summed E-state index contributed by atoms with van der Waals surface area (Å²) in [7, 11) is 3.72. The smallest absolute Gasteiger partial charge is 0.205 e. The predicted molar refractivity (Wildman–Crippen MR) is 85.2 cm³/mol. The zero-order chi connectivity index (χ0) is 14.7. The van der Waals surface area contributed by atoms with E-state index < -0.39 is 0 Å². The first kappa shape index (κ1) is 14.0. The number of rotatable bonds is 4. The third-order valence-electron chi connectivity index (χ3n) is 3.73. The lowest BCUT2D eigenvalue weighted by Gasteiger charge is -2.31. The van der Waals surface area contributed by atoms with E-state index >= 15 is 0 Å². The van der Waals surface area contributed by atoms with Crippen molar-refractivity contribution in [2.45, 2.75) is 18.8 Å². The Morgan fingerprint density at radius 3 is 2.43 bits per heavy atom. The quantitative estimate of drug-likeness (QED) is 0.891. The molecule has 0 unspecified atom stereocenters. The van der Waals surface area contributed by atoms with Crippen molar-refractivity contribution in [1.29, 1.82) is 0 Å². The number of anilines is 3. The first-order valence-electron chi connectivity index (χ1n) is 7.07. The summed E-state index contributed by atoms with van der Waals surface area (Å²) in [5.41, 5.74) is 0. The van der Waals surface area contributed by atoms with Crippen LogP contribution in [0.3, 0.4) is 0 Å². The summed E-state index contributed by atoms with van der Waals surface area (Å²) in [6.45, 7) is 1.96. The molecule has 1 aliphatic rings. The van der Waals surface area contributed by atoms with Crippen molar-refractivity contribution >= 4 is 28.1 Å². The van der Waals surface area contributed by atoms with Gasteiger partial charge >= 0.3 is 0 Å². The van der Waals surface area contributed by atoms with Crippen LogP contribution in [0.4, 0.5) is 16.8 Å². The Labute approximate surface area is 127 Å². The second kappa shape index (κ2) is 6.21. The van der Waals surface area contributed by atoms with Crippen LogP contribution in [0.2, 0.25) is 0 Å². The molecule has 0 atom stereocenters. The van der Waals surface area contributed by atoms with E-state index in [2.05, 4.69) is 35.9 Å². The average molecular weight is 305 g/mol. The fraction of sp³-hybridized carbons (Fsp3) is 0.538. The number of piperidine rings is 1. The highest BCUT2D eigenvalue weighted by molar-refractivity contribution is 7.15. The van der Waals surface area contributed by atoms with Crippen LogP contribution in [0.5, 0.6) is 0 Å². The van der Waals surface area contributed by atoms with Crippen LogP contribution < -0.4 is 15.5 Å². The van der Waals surface area contributed by atoms with Gasteiger partial charge in [-0.15, -0.1) is 20.4 Å². The molecule has 0 amide bonds. The van der Waals surface area contributed by atoms with Crippen LogP contribution in [0.1, 0.15) is 23.8 Å². The van der Waals surface area contributed by atoms with Gasteiger partial charge in [0.25, 0.3) is 0 Å². The molecular weight excluding hydrogens is 286 g/mol. The van der Waals surface area contributed by atoms with E-state index in [1.165, 1.54) is 0 Å². The Hall–Kier alpha value is -1.96. The minimum absolute atomic E-state index is 0.505. The minimum atomic E-state index is 0.505. The number of hydrogen-bond acceptors (Lipinski definition) is 8. The Morgan fingerprint density at radius 1 is 1.05 bits per heavy atom. The van der Waals surface area contributed by atoms with Gasteiger partial charge in [0.05, 0.1) is 0 Å². The van der Waals surface area contributed by atoms with E-state index in [1.54, 1.807) is 11.3 Å². The number of hydrogen-bond donors (Lipinski definition) is 2. The van der Waals surface area contributed by atoms with Gasteiger partial charge in [0, 0.05) is 33.1 Å². The molecule has 2 aromatic heterocycles. The maximum Gasteiger partial charge on any atom is 0.205 e. The topological polar surface area (TPSA) is 78.9 Å². The number of nitrogens with zero attached hydrogens (tertiary/aromatic N) is 5. The molecule has 112 valence electrons. The van der Waals surface area contributed by atoms with Gasteiger partial charge in [-0.1, -0.05) is 11.3 Å². The van der Waals surface area contributed by atoms with Crippen molar-refractivity contribution in [2.75, 3.05) is 42.7 Å². The molecule has 2 aromatic rings. The van der Waals surface area contributed by atoms with Gasteiger partial charge in [-0.05, 0) is 25.0 Å². The third-order valence-corrected chi connectivity index (χ3v) is 4.83. The van der Waals surface area contributed by atoms with E-state index in [1.807, 2.05) is 26.2 Å². The minimum Gasteiger partial charge on any atom is -0.372 e. The van der Waals surface area contributed by atoms with Gasteiger partial charge in [-0.25, -0.2) is 0 Å². The molecule has 1 saturated heterocycles. The van der Waals surface area contributed by atoms with Crippen LogP contribution in [0.15, 0.2) is 12.1 Å². The zero-order valence-corrected chi connectivity index (χ0v) is 13.0. The van der Waals surface area contributed by atoms with Crippen molar-refractivity contribution in [1.82, 2.24) is 20.4 Å². The molecule has 2 N–H and O–H groups in total. The highest BCUT2D eigenvalue weighted by Crippen LogP contribution is 2.32. The van der Waals surface area contributed by atoms with Crippen LogP contribution in [-0.2, 0) is 0 Å².